The van der Waals surface area contributed by atoms with Crippen LogP contribution in [0.2, 0.25) is 0 Å². The fraction of sp³-hybridized carbons (Fsp3) is 0.450. The summed E-state index contributed by atoms with van der Waals surface area (Å²) < 4.78 is 52.4. The highest BCUT2D eigenvalue weighted by Gasteiger charge is 2.34. The van der Waals surface area contributed by atoms with E-state index in [0.29, 0.717) is 31.2 Å². The molecule has 0 atom stereocenters. The first-order chi connectivity index (χ1) is 14.1. The van der Waals surface area contributed by atoms with Gasteiger partial charge in [-0.25, -0.2) is 9.37 Å². The highest BCUT2D eigenvalue weighted by Crippen LogP contribution is 2.31. The Morgan fingerprint density at radius 3 is 2.20 bits per heavy atom. The smallest absolute Gasteiger partial charge is 0.367 e. The third-order valence-corrected chi connectivity index (χ3v) is 4.93. The van der Waals surface area contributed by atoms with Gasteiger partial charge in [0.25, 0.3) is 5.91 Å². The van der Waals surface area contributed by atoms with Gasteiger partial charge in [0.15, 0.2) is 5.69 Å². The molecule has 0 bridgehead atoms. The molecule has 10 heteroatoms. The van der Waals surface area contributed by atoms with Crippen LogP contribution < -0.4 is 15.5 Å². The summed E-state index contributed by atoms with van der Waals surface area (Å²) >= 11 is 0. The van der Waals surface area contributed by atoms with Gasteiger partial charge in [-0.05, 0) is 49.9 Å². The molecule has 2 aromatic rings. The Kier molecular flexibility index (Phi) is 6.42. The third-order valence-electron chi connectivity index (χ3n) is 4.93. The molecule has 1 fully saturated rings. The van der Waals surface area contributed by atoms with Gasteiger partial charge in [-0.2, -0.15) is 18.2 Å². The maximum Gasteiger partial charge on any atom is 0.433 e. The second-order valence-corrected chi connectivity index (χ2v) is 7.50. The Morgan fingerprint density at radius 2 is 1.63 bits per heavy atom. The normalized spacial score (nSPS) is 19.3. The van der Waals surface area contributed by atoms with Crippen molar-refractivity contribution in [2.24, 2.45) is 0 Å². The summed E-state index contributed by atoms with van der Waals surface area (Å²) in [6, 6.07) is 6.11. The van der Waals surface area contributed by atoms with E-state index in [4.69, 9.17) is 0 Å². The highest BCUT2D eigenvalue weighted by molar-refractivity contribution is 5.94. The number of benzene rings is 1. The maximum absolute atomic E-state index is 13.1. The van der Waals surface area contributed by atoms with E-state index in [1.54, 1.807) is 14.1 Å². The number of carbonyl (C=O) groups is 1. The van der Waals surface area contributed by atoms with Gasteiger partial charge < -0.3 is 15.5 Å². The lowest BCUT2D eigenvalue weighted by Crippen LogP contribution is -2.40. The molecule has 0 saturated heterocycles. The molecule has 0 aliphatic heterocycles. The van der Waals surface area contributed by atoms with E-state index in [9.17, 15) is 22.4 Å². The minimum absolute atomic E-state index is 0.0208. The topological polar surface area (TPSA) is 70.2 Å². The lowest BCUT2D eigenvalue weighted by atomic mass is 9.91. The van der Waals surface area contributed by atoms with E-state index in [1.807, 2.05) is 0 Å². The summed E-state index contributed by atoms with van der Waals surface area (Å²) in [7, 11) is 3.16. The molecule has 6 nitrogen and oxygen atoms in total. The summed E-state index contributed by atoms with van der Waals surface area (Å²) in [5.74, 6) is -0.575. The molecule has 2 N–H and O–H groups in total. The second-order valence-electron chi connectivity index (χ2n) is 7.50. The summed E-state index contributed by atoms with van der Waals surface area (Å²) in [5, 5.41) is 5.99. The first-order valence-electron chi connectivity index (χ1n) is 9.58. The standard InChI is InChI=1S/C20H23F4N5O/c1-29(2)19-27-16(20(22,23)24)11-17(28-19)25-14-7-9-15(10-8-14)26-18(30)12-3-5-13(21)6-4-12/h3-6,11,14-15H,7-10H2,1-2H3,(H,26,30)(H,25,27,28)/t14-,15+. The summed E-state index contributed by atoms with van der Waals surface area (Å²) in [6.45, 7) is 0. The number of halogens is 4. The number of carbonyl (C=O) groups excluding carboxylic acids is 1. The second kappa shape index (κ2) is 8.85. The summed E-state index contributed by atoms with van der Waals surface area (Å²) in [6.07, 6.45) is -1.90. The minimum Gasteiger partial charge on any atom is -0.367 e. The minimum atomic E-state index is -4.56. The van der Waals surface area contributed by atoms with E-state index in [-0.39, 0.29) is 29.8 Å². The van der Waals surface area contributed by atoms with Crippen LogP contribution in [0.4, 0.5) is 29.3 Å². The molecule has 0 radical (unpaired) electrons. The Balaban J connectivity index is 1.58. The summed E-state index contributed by atoms with van der Waals surface area (Å²) in [5.41, 5.74) is -0.613. The fourth-order valence-electron chi connectivity index (χ4n) is 3.31. The average Bonchev–Trinajstić information content (AvgIpc) is 2.69. The number of hydrogen-bond donors (Lipinski definition) is 2. The maximum atomic E-state index is 13.1. The number of amides is 1. The molecule has 1 aromatic carbocycles. The van der Waals surface area contributed by atoms with Crippen molar-refractivity contribution in [1.82, 2.24) is 15.3 Å². The van der Waals surface area contributed by atoms with E-state index < -0.39 is 17.7 Å². The zero-order chi connectivity index (χ0) is 21.9. The number of nitrogens with zero attached hydrogens (tertiary/aromatic N) is 3. The van der Waals surface area contributed by atoms with Crippen molar-refractivity contribution < 1.29 is 22.4 Å². The molecular weight excluding hydrogens is 402 g/mol. The lowest BCUT2D eigenvalue weighted by Gasteiger charge is -2.30. The van der Waals surface area contributed by atoms with Crippen molar-refractivity contribution in [3.05, 3.63) is 47.4 Å². The van der Waals surface area contributed by atoms with Crippen LogP contribution in [-0.4, -0.2) is 42.1 Å². The average molecular weight is 425 g/mol. The van der Waals surface area contributed by atoms with Crippen molar-refractivity contribution >= 4 is 17.7 Å². The largest absolute Gasteiger partial charge is 0.433 e. The quantitative estimate of drug-likeness (QED) is 0.712. The van der Waals surface area contributed by atoms with Crippen molar-refractivity contribution in [1.29, 1.82) is 0 Å². The van der Waals surface area contributed by atoms with Gasteiger partial charge in [0, 0.05) is 37.8 Å². The van der Waals surface area contributed by atoms with Crippen LogP contribution in [0, 0.1) is 5.82 Å². The third kappa shape index (κ3) is 5.58. The van der Waals surface area contributed by atoms with E-state index in [1.165, 1.54) is 29.2 Å². The lowest BCUT2D eigenvalue weighted by molar-refractivity contribution is -0.141. The SMILES string of the molecule is CN(C)c1nc(N[C@H]2CC[C@@H](NC(=O)c3ccc(F)cc3)CC2)cc(C(F)(F)F)n1. The number of alkyl halides is 3. The number of aromatic nitrogens is 2. The number of nitrogens with one attached hydrogen (secondary N) is 2. The molecule has 1 heterocycles. The van der Waals surface area contributed by atoms with Gasteiger partial charge in [-0.3, -0.25) is 4.79 Å². The molecule has 0 unspecified atom stereocenters. The van der Waals surface area contributed by atoms with E-state index in [0.717, 1.165) is 6.07 Å². The van der Waals surface area contributed by atoms with Crippen LogP contribution in [0.15, 0.2) is 30.3 Å². The van der Waals surface area contributed by atoms with Crippen LogP contribution in [0.1, 0.15) is 41.7 Å². The number of rotatable bonds is 5. The molecule has 1 aliphatic carbocycles. The summed E-state index contributed by atoms with van der Waals surface area (Å²) in [4.78, 5) is 21.4. The molecule has 0 spiro atoms. The highest BCUT2D eigenvalue weighted by atomic mass is 19.4. The molecule has 1 aliphatic rings. The van der Waals surface area contributed by atoms with Gasteiger partial charge in [-0.1, -0.05) is 0 Å². The Labute approximate surface area is 171 Å². The molecule has 30 heavy (non-hydrogen) atoms. The monoisotopic (exact) mass is 425 g/mol. The Hall–Kier alpha value is -2.91. The Morgan fingerprint density at radius 1 is 1.03 bits per heavy atom. The molecule has 1 amide bonds. The number of anilines is 2. The van der Waals surface area contributed by atoms with Crippen molar-refractivity contribution in [2.75, 3.05) is 24.3 Å². The van der Waals surface area contributed by atoms with Crippen LogP contribution >= 0.6 is 0 Å². The van der Waals surface area contributed by atoms with Gasteiger partial charge in [-0.15, -0.1) is 0 Å². The van der Waals surface area contributed by atoms with E-state index in [2.05, 4.69) is 20.6 Å². The van der Waals surface area contributed by atoms with Gasteiger partial charge in [0.2, 0.25) is 5.95 Å². The zero-order valence-corrected chi connectivity index (χ0v) is 16.6. The molecular formula is C20H23F4N5O. The van der Waals surface area contributed by atoms with Gasteiger partial charge >= 0.3 is 6.18 Å². The van der Waals surface area contributed by atoms with E-state index >= 15 is 0 Å². The van der Waals surface area contributed by atoms with Crippen LogP contribution in [-0.2, 0) is 6.18 Å². The predicted octanol–water partition coefficient (Wildman–Crippen LogP) is 3.85. The zero-order valence-electron chi connectivity index (χ0n) is 16.6. The molecule has 162 valence electrons. The molecule has 1 aromatic heterocycles. The van der Waals surface area contributed by atoms with Gasteiger partial charge in [0.1, 0.15) is 11.6 Å². The first-order valence-corrected chi connectivity index (χ1v) is 9.58. The Bertz CT molecular complexity index is 878. The molecule has 3 rings (SSSR count). The van der Waals surface area contributed by atoms with Crippen LogP contribution in [0.5, 0.6) is 0 Å². The van der Waals surface area contributed by atoms with Crippen LogP contribution in [0.3, 0.4) is 0 Å². The molecule has 1 saturated carbocycles. The van der Waals surface area contributed by atoms with Gasteiger partial charge in [0.05, 0.1) is 0 Å². The van der Waals surface area contributed by atoms with Crippen LogP contribution in [0.25, 0.3) is 0 Å². The fourth-order valence-corrected chi connectivity index (χ4v) is 3.31. The number of hydrogen-bond acceptors (Lipinski definition) is 5. The van der Waals surface area contributed by atoms with Crippen molar-refractivity contribution in [2.45, 2.75) is 43.9 Å². The first kappa shape index (κ1) is 21.8. The van der Waals surface area contributed by atoms with Crippen molar-refractivity contribution in [3.63, 3.8) is 0 Å². The van der Waals surface area contributed by atoms with Crippen molar-refractivity contribution in [3.8, 4) is 0 Å². The predicted molar refractivity (Wildman–Crippen MR) is 105 cm³/mol.